The maximum Gasteiger partial charge on any atom is 0.416 e. The van der Waals surface area contributed by atoms with Gasteiger partial charge in [0.1, 0.15) is 0 Å². The molecule has 2 aliphatic heterocycles. The van der Waals surface area contributed by atoms with Crippen molar-refractivity contribution < 1.29 is 40.7 Å². The first kappa shape index (κ1) is 27.5. The second-order valence-corrected chi connectivity index (χ2v) is 12.2. The number of halogens is 3. The van der Waals surface area contributed by atoms with E-state index < -0.39 is 44.9 Å². The summed E-state index contributed by atoms with van der Waals surface area (Å²) in [7, 11) is -4.24. The first-order valence-electron chi connectivity index (χ1n) is 12.7. The van der Waals surface area contributed by atoms with Gasteiger partial charge in [0.15, 0.2) is 5.57 Å². The predicted octanol–water partition coefficient (Wildman–Crippen LogP) is 6.82. The van der Waals surface area contributed by atoms with E-state index in [0.717, 1.165) is 17.7 Å². The Morgan fingerprint density at radius 1 is 0.619 bits per heavy atom. The highest BCUT2D eigenvalue weighted by Gasteiger charge is 2.44. The molecule has 2 heterocycles. The topological polar surface area (TPSA) is 86.7 Å². The molecular formula is C32H21F3O6S. The third kappa shape index (κ3) is 4.57. The number of cyclic esters (lactones) is 2. The first-order valence-corrected chi connectivity index (χ1v) is 14.2. The molecule has 2 aliphatic rings. The van der Waals surface area contributed by atoms with Crippen molar-refractivity contribution in [2.75, 3.05) is 0 Å². The van der Waals surface area contributed by atoms with Crippen LogP contribution in [0.3, 0.4) is 0 Å². The van der Waals surface area contributed by atoms with Crippen LogP contribution in [0.2, 0.25) is 0 Å². The van der Waals surface area contributed by atoms with Crippen LogP contribution in [0.25, 0.3) is 27.8 Å². The normalized spacial score (nSPS) is 17.2. The number of hydrogen-bond donors (Lipinski definition) is 0. The minimum absolute atomic E-state index is 0.0268. The first-order chi connectivity index (χ1) is 19.8. The van der Waals surface area contributed by atoms with E-state index in [-0.39, 0.29) is 26.5 Å². The lowest BCUT2D eigenvalue weighted by molar-refractivity contribution is -0.222. The molecule has 6 nitrogen and oxygen atoms in total. The third-order valence-electron chi connectivity index (χ3n) is 7.07. The fourth-order valence-corrected chi connectivity index (χ4v) is 6.85. The summed E-state index contributed by atoms with van der Waals surface area (Å²) >= 11 is 0. The minimum Gasteiger partial charge on any atom is -0.419 e. The number of ether oxygens (including phenoxy) is 2. The molecule has 0 atom stereocenters. The summed E-state index contributed by atoms with van der Waals surface area (Å²) in [5, 5.41) is 0. The van der Waals surface area contributed by atoms with Crippen molar-refractivity contribution in [2.45, 2.75) is 35.6 Å². The highest BCUT2D eigenvalue weighted by atomic mass is 32.2. The molecule has 0 unspecified atom stereocenters. The van der Waals surface area contributed by atoms with E-state index in [9.17, 15) is 31.2 Å². The maximum atomic E-state index is 14.1. The molecule has 0 spiro atoms. The summed E-state index contributed by atoms with van der Waals surface area (Å²) in [4.78, 5) is 26.0. The number of fused-ring (bicyclic) bond motifs is 2. The van der Waals surface area contributed by atoms with Gasteiger partial charge in [-0.25, -0.2) is 18.0 Å². The van der Waals surface area contributed by atoms with Gasteiger partial charge < -0.3 is 9.47 Å². The van der Waals surface area contributed by atoms with Gasteiger partial charge in [-0.1, -0.05) is 66.7 Å². The molecule has 0 N–H and O–H groups in total. The monoisotopic (exact) mass is 590 g/mol. The van der Waals surface area contributed by atoms with E-state index in [2.05, 4.69) is 0 Å². The molecule has 42 heavy (non-hydrogen) atoms. The van der Waals surface area contributed by atoms with Crippen LogP contribution in [0.5, 0.6) is 0 Å². The largest absolute Gasteiger partial charge is 0.419 e. The average Bonchev–Trinajstić information content (AvgIpc) is 2.93. The molecule has 0 radical (unpaired) electrons. The molecule has 212 valence electrons. The number of benzene rings is 4. The Morgan fingerprint density at radius 3 is 1.55 bits per heavy atom. The minimum atomic E-state index is -4.53. The number of esters is 2. The van der Waals surface area contributed by atoms with E-state index in [1.807, 2.05) is 18.2 Å². The lowest BCUT2D eigenvalue weighted by atomic mass is 9.89. The van der Waals surface area contributed by atoms with Gasteiger partial charge in [-0.05, 0) is 46.5 Å². The number of sulfone groups is 1. The zero-order chi connectivity index (χ0) is 30.0. The zero-order valence-corrected chi connectivity index (χ0v) is 23.0. The van der Waals surface area contributed by atoms with Crippen molar-refractivity contribution in [2.24, 2.45) is 0 Å². The van der Waals surface area contributed by atoms with Gasteiger partial charge in [0.2, 0.25) is 9.84 Å². The molecule has 0 saturated carbocycles. The maximum absolute atomic E-state index is 14.1. The molecule has 0 amide bonds. The third-order valence-corrected chi connectivity index (χ3v) is 8.90. The summed E-state index contributed by atoms with van der Waals surface area (Å²) in [5.74, 6) is -3.46. The highest BCUT2D eigenvalue weighted by molar-refractivity contribution is 7.91. The molecular weight excluding hydrogens is 569 g/mol. The number of hydrogen-bond acceptors (Lipinski definition) is 6. The van der Waals surface area contributed by atoms with Crippen molar-refractivity contribution in [3.63, 3.8) is 0 Å². The van der Waals surface area contributed by atoms with Crippen molar-refractivity contribution >= 4 is 27.3 Å². The van der Waals surface area contributed by atoms with Crippen LogP contribution in [0, 0.1) is 0 Å². The van der Waals surface area contributed by atoms with E-state index in [4.69, 9.17) is 9.47 Å². The smallest absolute Gasteiger partial charge is 0.416 e. The van der Waals surface area contributed by atoms with E-state index in [1.165, 1.54) is 56.3 Å². The fraction of sp³-hybridized carbons (Fsp3) is 0.125. The SMILES string of the molecule is CC1(C)OC(=O)C(=C2c3ccc(-c4ccccc4)cc3S(=O)(=O)c3cc(-c4ccc(C(F)(F)F)cc4)ccc32)C(=O)O1. The Balaban J connectivity index is 1.60. The highest BCUT2D eigenvalue weighted by Crippen LogP contribution is 2.46. The second kappa shape index (κ2) is 9.42. The molecule has 0 aromatic heterocycles. The summed E-state index contributed by atoms with van der Waals surface area (Å²) < 4.78 is 78.3. The van der Waals surface area contributed by atoms with Crippen molar-refractivity contribution in [3.05, 3.63) is 113 Å². The van der Waals surface area contributed by atoms with Gasteiger partial charge in [0.05, 0.1) is 15.4 Å². The molecule has 10 heteroatoms. The van der Waals surface area contributed by atoms with Gasteiger partial charge in [0, 0.05) is 30.5 Å². The van der Waals surface area contributed by atoms with E-state index >= 15 is 0 Å². The van der Waals surface area contributed by atoms with Gasteiger partial charge in [-0.3, -0.25) is 0 Å². The van der Waals surface area contributed by atoms with Gasteiger partial charge in [-0.15, -0.1) is 0 Å². The van der Waals surface area contributed by atoms with Crippen molar-refractivity contribution in [3.8, 4) is 22.3 Å². The van der Waals surface area contributed by atoms with Crippen LogP contribution in [0.4, 0.5) is 13.2 Å². The lowest BCUT2D eigenvalue weighted by Gasteiger charge is -2.32. The summed E-state index contributed by atoms with van der Waals surface area (Å²) in [6, 6.07) is 22.3. The molecule has 0 bridgehead atoms. The van der Waals surface area contributed by atoms with Crippen LogP contribution < -0.4 is 0 Å². The Labute approximate surface area is 238 Å². The van der Waals surface area contributed by atoms with E-state index in [1.54, 1.807) is 18.2 Å². The number of carbonyl (C=O) groups is 2. The molecule has 1 fully saturated rings. The van der Waals surface area contributed by atoms with Crippen LogP contribution in [-0.2, 0) is 35.1 Å². The Morgan fingerprint density at radius 2 is 1.07 bits per heavy atom. The van der Waals surface area contributed by atoms with Crippen LogP contribution in [-0.4, -0.2) is 26.1 Å². The number of rotatable bonds is 2. The number of alkyl halides is 3. The van der Waals surface area contributed by atoms with Gasteiger partial charge >= 0.3 is 18.1 Å². The summed E-state index contributed by atoms with van der Waals surface area (Å²) in [6.45, 7) is 2.81. The quantitative estimate of drug-likeness (QED) is 0.127. The van der Waals surface area contributed by atoms with Crippen molar-refractivity contribution in [1.29, 1.82) is 0 Å². The second-order valence-electron chi connectivity index (χ2n) is 10.3. The molecule has 1 saturated heterocycles. The molecule has 4 aromatic rings. The average molecular weight is 591 g/mol. The van der Waals surface area contributed by atoms with Crippen molar-refractivity contribution in [1.82, 2.24) is 0 Å². The van der Waals surface area contributed by atoms with Gasteiger partial charge in [-0.2, -0.15) is 13.2 Å². The zero-order valence-electron chi connectivity index (χ0n) is 22.2. The molecule has 0 aliphatic carbocycles. The van der Waals surface area contributed by atoms with Crippen LogP contribution in [0.15, 0.2) is 106 Å². The molecule has 6 rings (SSSR count). The Bertz CT molecular complexity index is 1900. The lowest BCUT2D eigenvalue weighted by Crippen LogP contribution is -2.42. The van der Waals surface area contributed by atoms with Crippen LogP contribution in [0.1, 0.15) is 30.5 Å². The van der Waals surface area contributed by atoms with E-state index in [0.29, 0.717) is 16.7 Å². The predicted molar refractivity (Wildman–Crippen MR) is 146 cm³/mol. The summed E-state index contributed by atoms with van der Waals surface area (Å²) in [5.41, 5.74) is 0.906. The van der Waals surface area contributed by atoms with Gasteiger partial charge in [0.25, 0.3) is 5.79 Å². The summed E-state index contributed by atoms with van der Waals surface area (Å²) in [6.07, 6.45) is -4.53. The number of carbonyl (C=O) groups excluding carboxylic acids is 2. The molecule has 4 aromatic carbocycles. The Hall–Kier alpha value is -4.70. The standard InChI is InChI=1S/C32H21F3O6S/c1-31(2)40-29(36)28(30(37)41-31)27-23-14-10-20(18-6-4-3-5-7-18)16-25(23)42(38,39)26-17-21(11-15-24(26)27)19-8-12-22(13-9-19)32(33,34)35/h3-17H,1-2H3. The fourth-order valence-electron chi connectivity index (χ4n) is 5.13. The Kier molecular flexibility index (Phi) is 6.16. The van der Waals surface area contributed by atoms with Crippen LogP contribution >= 0.6 is 0 Å².